The van der Waals surface area contributed by atoms with Crippen molar-refractivity contribution in [3.8, 4) is 5.75 Å². The molecule has 0 atom stereocenters. The number of nitrogens with one attached hydrogen (secondary N) is 2. The van der Waals surface area contributed by atoms with Gasteiger partial charge in [-0.1, -0.05) is 6.07 Å². The van der Waals surface area contributed by atoms with Crippen LogP contribution in [0.5, 0.6) is 5.75 Å². The van der Waals surface area contributed by atoms with Crippen molar-refractivity contribution in [2.75, 3.05) is 7.11 Å². The molecule has 0 unspecified atom stereocenters. The second-order valence-electron chi connectivity index (χ2n) is 8.44. The molecule has 0 spiro atoms. The van der Waals surface area contributed by atoms with Crippen LogP contribution in [-0.4, -0.2) is 32.0 Å². The van der Waals surface area contributed by atoms with Crippen molar-refractivity contribution in [1.29, 1.82) is 0 Å². The van der Waals surface area contributed by atoms with Gasteiger partial charge in [0.25, 0.3) is 0 Å². The molecule has 185 valence electrons. The second-order valence-corrected chi connectivity index (χ2v) is 8.44. The first-order valence-electron chi connectivity index (χ1n) is 11.6. The van der Waals surface area contributed by atoms with E-state index in [1.807, 2.05) is 78.9 Å². The van der Waals surface area contributed by atoms with Crippen LogP contribution in [0.25, 0.3) is 57.3 Å². The Morgan fingerprint density at radius 2 is 1.08 bits per heavy atom. The summed E-state index contributed by atoms with van der Waals surface area (Å²) in [5.74, 6) is 0.876. The van der Waals surface area contributed by atoms with Crippen LogP contribution in [0.2, 0.25) is 0 Å². The molecule has 0 amide bonds. The number of benzene rings is 1. The van der Waals surface area contributed by atoms with Crippen molar-refractivity contribution in [2.45, 2.75) is 0 Å². The summed E-state index contributed by atoms with van der Waals surface area (Å²) in [6, 6.07) is 26.1. The first-order chi connectivity index (χ1) is 17.7. The van der Waals surface area contributed by atoms with Gasteiger partial charge in [-0.05, 0) is 97.1 Å². The van der Waals surface area contributed by atoms with E-state index >= 15 is 0 Å². The van der Waals surface area contributed by atoms with Crippen LogP contribution in [0.3, 0.4) is 0 Å². The van der Waals surface area contributed by atoms with Gasteiger partial charge in [0.2, 0.25) is 0 Å². The molecular weight excluding hydrogens is 510 g/mol. The topological polar surface area (TPSA) is 79.5 Å². The standard InChI is InChI=1S/C20H14N4.C10H9NO.Cu/c1-2-14-10-16-5-6-18(23-16)12-20-8-7-19(24-20)11-17-4-3-15(22-17)9-13(1)21-14;1-12-10-6-2-5-9-8(10)4-3-7-11-9;/h1-12,21,24H;2-7H,1H3;. The number of hydrogen-bond acceptors (Lipinski definition) is 4. The minimum absolute atomic E-state index is 0. The van der Waals surface area contributed by atoms with Crippen molar-refractivity contribution < 1.29 is 21.8 Å². The number of hydrogen-bond donors (Lipinski definition) is 2. The molecule has 0 fully saturated rings. The quantitative estimate of drug-likeness (QED) is 0.225. The minimum atomic E-state index is 0. The first kappa shape index (κ1) is 24.3. The predicted octanol–water partition coefficient (Wildman–Crippen LogP) is 6.90. The molecule has 0 aliphatic carbocycles. The van der Waals surface area contributed by atoms with Gasteiger partial charge in [0.15, 0.2) is 0 Å². The molecule has 2 aliphatic rings. The van der Waals surface area contributed by atoms with Crippen molar-refractivity contribution in [3.05, 3.63) is 108 Å². The third-order valence-corrected chi connectivity index (χ3v) is 5.87. The molecular formula is C30H23CuN5O. The maximum absolute atomic E-state index is 5.19. The van der Waals surface area contributed by atoms with Crippen LogP contribution in [0.15, 0.2) is 85.1 Å². The zero-order valence-electron chi connectivity index (χ0n) is 19.9. The molecule has 8 bridgehead atoms. The number of aromatic amines is 2. The van der Waals surface area contributed by atoms with E-state index in [0.29, 0.717) is 0 Å². The smallest absolute Gasteiger partial charge is 0.128 e. The maximum Gasteiger partial charge on any atom is 0.128 e. The Morgan fingerprint density at radius 1 is 0.595 bits per heavy atom. The van der Waals surface area contributed by atoms with Crippen LogP contribution in [0.4, 0.5) is 0 Å². The van der Waals surface area contributed by atoms with Gasteiger partial charge in [-0.2, -0.15) is 0 Å². The normalized spacial score (nSPS) is 11.5. The number of methoxy groups -OCH3 is 1. The molecule has 37 heavy (non-hydrogen) atoms. The first-order valence-corrected chi connectivity index (χ1v) is 11.6. The summed E-state index contributed by atoms with van der Waals surface area (Å²) in [5.41, 5.74) is 8.83. The van der Waals surface area contributed by atoms with Gasteiger partial charge >= 0.3 is 0 Å². The Bertz CT molecular complexity index is 1620. The fourth-order valence-electron chi connectivity index (χ4n) is 4.20. The van der Waals surface area contributed by atoms with E-state index in [-0.39, 0.29) is 17.1 Å². The predicted molar refractivity (Wildman–Crippen MR) is 147 cm³/mol. The molecule has 0 saturated carbocycles. The van der Waals surface area contributed by atoms with Crippen LogP contribution in [0.1, 0.15) is 22.8 Å². The average Bonchev–Trinajstić information content (AvgIpc) is 3.70. The van der Waals surface area contributed by atoms with E-state index in [4.69, 9.17) is 4.74 Å². The Kier molecular flexibility index (Phi) is 6.99. The van der Waals surface area contributed by atoms with Gasteiger partial charge in [-0.15, -0.1) is 0 Å². The summed E-state index contributed by atoms with van der Waals surface area (Å²) in [4.78, 5) is 20.2. The van der Waals surface area contributed by atoms with Gasteiger partial charge in [0.05, 0.1) is 35.4 Å². The molecule has 2 aliphatic heterocycles. The number of rotatable bonds is 1. The second kappa shape index (κ2) is 10.7. The third kappa shape index (κ3) is 5.53. The molecule has 6 nitrogen and oxygen atoms in total. The molecule has 0 saturated heterocycles. The van der Waals surface area contributed by atoms with Crippen LogP contribution >= 0.6 is 0 Å². The zero-order chi connectivity index (χ0) is 24.3. The summed E-state index contributed by atoms with van der Waals surface area (Å²) >= 11 is 0. The molecule has 5 aromatic rings. The average molecular weight is 533 g/mol. The maximum atomic E-state index is 5.19. The van der Waals surface area contributed by atoms with Crippen molar-refractivity contribution in [1.82, 2.24) is 24.9 Å². The van der Waals surface area contributed by atoms with Gasteiger partial charge in [-0.3, -0.25) is 4.98 Å². The van der Waals surface area contributed by atoms with E-state index in [1.54, 1.807) is 13.3 Å². The minimum Gasteiger partial charge on any atom is -0.496 e. The van der Waals surface area contributed by atoms with E-state index in [1.165, 1.54) is 0 Å². The Hall–Kier alpha value is -4.45. The van der Waals surface area contributed by atoms with Crippen LogP contribution < -0.4 is 4.74 Å². The van der Waals surface area contributed by atoms with Gasteiger partial charge in [0, 0.05) is 50.7 Å². The number of aromatic nitrogens is 5. The summed E-state index contributed by atoms with van der Waals surface area (Å²) in [6.45, 7) is 0. The number of nitrogens with zero attached hydrogens (tertiary/aromatic N) is 3. The molecule has 1 aromatic carbocycles. The number of ether oxygens (including phenoxy) is 1. The number of pyridine rings is 1. The van der Waals surface area contributed by atoms with E-state index in [2.05, 4.69) is 49.2 Å². The Balaban J connectivity index is 0.000000183. The fraction of sp³-hybridized carbons (Fsp3) is 0.0333. The summed E-state index contributed by atoms with van der Waals surface area (Å²) in [5, 5.41) is 1.06. The van der Waals surface area contributed by atoms with Crippen molar-refractivity contribution >= 4 is 57.3 Å². The van der Waals surface area contributed by atoms with E-state index in [0.717, 1.165) is 61.5 Å². The Labute approximate surface area is 224 Å². The number of fused-ring (bicyclic) bond motifs is 9. The van der Waals surface area contributed by atoms with Crippen LogP contribution in [0, 0.1) is 0 Å². The monoisotopic (exact) mass is 532 g/mol. The summed E-state index contributed by atoms with van der Waals surface area (Å²) in [7, 11) is 1.67. The molecule has 2 N–H and O–H groups in total. The third-order valence-electron chi connectivity index (χ3n) is 5.87. The fourth-order valence-corrected chi connectivity index (χ4v) is 4.20. The molecule has 4 aromatic heterocycles. The molecule has 7 rings (SSSR count). The molecule has 7 heteroatoms. The molecule has 6 heterocycles. The van der Waals surface area contributed by atoms with E-state index < -0.39 is 0 Å². The van der Waals surface area contributed by atoms with Gasteiger partial charge < -0.3 is 14.7 Å². The van der Waals surface area contributed by atoms with Gasteiger partial charge in [-0.25, -0.2) is 9.97 Å². The number of H-pyrrole nitrogens is 2. The summed E-state index contributed by atoms with van der Waals surface area (Å²) < 4.78 is 5.19. The van der Waals surface area contributed by atoms with Gasteiger partial charge in [0.1, 0.15) is 5.75 Å². The van der Waals surface area contributed by atoms with E-state index in [9.17, 15) is 0 Å². The van der Waals surface area contributed by atoms with Crippen LogP contribution in [-0.2, 0) is 17.1 Å². The van der Waals surface area contributed by atoms with Crippen molar-refractivity contribution in [2.24, 2.45) is 0 Å². The Morgan fingerprint density at radius 3 is 1.54 bits per heavy atom. The SMILES string of the molecule is C1=Cc2cc3ccc(cc4nc(cc5ccc(cc1n2)[nH]5)C=C4)[nH]3.COc1cccc2ncccc12.[Cu]. The molecule has 1 radical (unpaired) electrons. The zero-order valence-corrected chi connectivity index (χ0v) is 20.9. The largest absolute Gasteiger partial charge is 0.496 e. The summed E-state index contributed by atoms with van der Waals surface area (Å²) in [6.07, 6.45) is 9.87. The van der Waals surface area contributed by atoms with Crippen molar-refractivity contribution in [3.63, 3.8) is 0 Å².